The van der Waals surface area contributed by atoms with Gasteiger partial charge in [0.25, 0.3) is 0 Å². The summed E-state index contributed by atoms with van der Waals surface area (Å²) in [7, 11) is 0. The van der Waals surface area contributed by atoms with Crippen LogP contribution in [-0.4, -0.2) is 6.51 Å². The molecule has 4 aliphatic rings. The Morgan fingerprint density at radius 3 is 1.16 bits per heavy atom. The van der Waals surface area contributed by atoms with Gasteiger partial charge < -0.3 is 24.8 Å². The maximum Gasteiger partial charge on any atom is -0.0195 e. The quantitative estimate of drug-likeness (QED) is 0.143. The van der Waals surface area contributed by atoms with E-state index in [1.807, 2.05) is 12.1 Å². The minimum Gasteiger partial charge on any atom is -1.00 e. The molecule has 4 aliphatic carbocycles. The topological polar surface area (TPSA) is 0 Å². The van der Waals surface area contributed by atoms with Crippen LogP contribution in [0.25, 0.3) is 33.4 Å². The Hall–Kier alpha value is -3.66. The van der Waals surface area contributed by atoms with Crippen LogP contribution in [-0.2, 0) is 60.6 Å². The number of fused-ring (bicyclic) bond motifs is 6. The van der Waals surface area contributed by atoms with Crippen molar-refractivity contribution >= 4 is 17.7 Å². The fraction of sp³-hybridized carbons (Fsp3) is 0.115. The van der Waals surface area contributed by atoms with E-state index in [-0.39, 0.29) is 24.8 Å². The van der Waals surface area contributed by atoms with Gasteiger partial charge in [0.2, 0.25) is 0 Å². The largest absolute Gasteiger partial charge is 1.00 e. The zero-order valence-electron chi connectivity index (χ0n) is 31.8. The van der Waals surface area contributed by atoms with E-state index in [0.717, 1.165) is 25.7 Å². The van der Waals surface area contributed by atoms with Crippen LogP contribution in [0.3, 0.4) is 0 Å². The number of allylic oxidation sites excluding steroid dienone is 8. The first-order valence-electron chi connectivity index (χ1n) is 18.6. The van der Waals surface area contributed by atoms with Crippen LogP contribution >= 0.6 is 0 Å². The molecule has 0 saturated heterocycles. The minimum absolute atomic E-state index is 0. The van der Waals surface area contributed by atoms with Gasteiger partial charge in [-0.05, 0) is 36.8 Å². The smallest absolute Gasteiger partial charge is 0.0195 e. The van der Waals surface area contributed by atoms with Gasteiger partial charge in [0.05, 0.1) is 0 Å². The Morgan fingerprint density at radius 2 is 0.821 bits per heavy atom. The Kier molecular flexibility index (Phi) is 16.5. The summed E-state index contributed by atoms with van der Waals surface area (Å²) in [5, 5.41) is 0. The van der Waals surface area contributed by atoms with Crippen molar-refractivity contribution in [3.63, 3.8) is 0 Å². The van der Waals surface area contributed by atoms with Crippen molar-refractivity contribution in [1.29, 1.82) is 0 Å². The van der Waals surface area contributed by atoms with E-state index in [4.69, 9.17) is 0 Å². The standard InChI is InChI=1S/2C18H13.2C8H8.2ClH.2Hf/c2*1-2-6-13(5-1)14-9-10-18-16(11-14)12-15-7-3-4-8-17(15)18;2*1-2-8-6-4-3-5-7-8;;;;/h2*1-5,7-10H,6,12H2;2*3-7H,1H3;2*1H;;/q2*-1;;;;;2*+2/p-2. The summed E-state index contributed by atoms with van der Waals surface area (Å²) in [6.45, 7) is 4.36. The maximum absolute atomic E-state index is 3.61. The fourth-order valence-corrected chi connectivity index (χ4v) is 8.36. The van der Waals surface area contributed by atoms with Gasteiger partial charge >= 0.3 is 140 Å². The molecule has 0 N–H and O–H groups in total. The molecule has 4 heteroatoms. The Morgan fingerprint density at radius 1 is 0.446 bits per heavy atom. The van der Waals surface area contributed by atoms with Gasteiger partial charge in [0.1, 0.15) is 0 Å². The minimum atomic E-state index is 0. The van der Waals surface area contributed by atoms with E-state index in [0.29, 0.717) is 0 Å². The third kappa shape index (κ3) is 10.8. The number of hydrogen-bond donors (Lipinski definition) is 0. The third-order valence-corrected chi connectivity index (χ3v) is 12.1. The number of halogens is 2. The van der Waals surface area contributed by atoms with Gasteiger partial charge in [-0.25, -0.2) is 0 Å². The van der Waals surface area contributed by atoms with Crippen LogP contribution in [0.5, 0.6) is 0 Å². The molecule has 0 aromatic heterocycles. The van der Waals surface area contributed by atoms with Gasteiger partial charge in [0.15, 0.2) is 0 Å². The first-order valence-corrected chi connectivity index (χ1v) is 22.2. The predicted octanol–water partition coefficient (Wildman–Crippen LogP) is 6.36. The summed E-state index contributed by atoms with van der Waals surface area (Å²) in [5.41, 5.74) is 19.1. The second kappa shape index (κ2) is 21.2. The molecule has 6 aromatic rings. The van der Waals surface area contributed by atoms with Gasteiger partial charge in [-0.3, -0.25) is 0 Å². The maximum atomic E-state index is 3.61. The normalized spacial score (nSPS) is 12.9. The number of hydrogen-bond acceptors (Lipinski definition) is 0. The predicted molar refractivity (Wildman–Crippen MR) is 223 cm³/mol. The summed E-state index contributed by atoms with van der Waals surface area (Å²) in [4.78, 5) is 0. The molecule has 10 rings (SSSR count). The van der Waals surface area contributed by atoms with Crippen LogP contribution in [0.1, 0.15) is 71.2 Å². The molecule has 0 amide bonds. The van der Waals surface area contributed by atoms with E-state index in [1.165, 1.54) is 132 Å². The molecule has 0 spiro atoms. The average Bonchev–Trinajstić information content (AvgIpc) is 4.05. The van der Waals surface area contributed by atoms with E-state index in [1.54, 1.807) is 0 Å². The molecule has 0 atom stereocenters. The van der Waals surface area contributed by atoms with Gasteiger partial charge in [0, 0.05) is 0 Å². The molecule has 0 radical (unpaired) electrons. The Labute approximate surface area is 375 Å². The van der Waals surface area contributed by atoms with Gasteiger partial charge in [-0.15, -0.1) is 82.0 Å². The molecule has 0 heterocycles. The van der Waals surface area contributed by atoms with Crippen LogP contribution in [0.15, 0.2) is 170 Å². The first-order chi connectivity index (χ1) is 26.4. The van der Waals surface area contributed by atoms with Crippen molar-refractivity contribution in [1.82, 2.24) is 0 Å². The Balaban J connectivity index is 0.000000149. The fourth-order valence-electron chi connectivity index (χ4n) is 7.16. The molecule has 0 nitrogen and oxygen atoms in total. The zero-order chi connectivity index (χ0) is 37.3. The first kappa shape index (κ1) is 43.5. The van der Waals surface area contributed by atoms with Crippen molar-refractivity contribution in [2.75, 3.05) is 0 Å². The summed E-state index contributed by atoms with van der Waals surface area (Å²) < 4.78 is 3.02. The molecule has 0 fully saturated rings. The molecule has 56 heavy (non-hydrogen) atoms. The van der Waals surface area contributed by atoms with Crippen LogP contribution in [0.4, 0.5) is 0 Å². The van der Waals surface area contributed by atoms with Crippen molar-refractivity contribution in [3.05, 3.63) is 227 Å². The van der Waals surface area contributed by atoms with Crippen LogP contribution in [0, 0.1) is 12.1 Å². The summed E-state index contributed by atoms with van der Waals surface area (Å²) in [5.74, 6) is 0. The average molecular weight is 1090 g/mol. The second-order valence-corrected chi connectivity index (χ2v) is 19.2. The van der Waals surface area contributed by atoms with Crippen molar-refractivity contribution < 1.29 is 72.6 Å². The van der Waals surface area contributed by atoms with Gasteiger partial charge in [-0.2, -0.15) is 0 Å². The molecule has 0 unspecified atom stereocenters. The number of rotatable bonds is 4. The zero-order valence-corrected chi connectivity index (χ0v) is 40.4. The van der Waals surface area contributed by atoms with Crippen molar-refractivity contribution in [2.45, 2.75) is 39.5 Å². The van der Waals surface area contributed by atoms with E-state index >= 15 is 0 Å². The van der Waals surface area contributed by atoms with Gasteiger partial charge in [-0.1, -0.05) is 95.1 Å². The molecule has 0 aliphatic heterocycles. The second-order valence-electron chi connectivity index (χ2n) is 13.8. The summed E-state index contributed by atoms with van der Waals surface area (Å²) >= 11 is 2.35. The van der Waals surface area contributed by atoms with Crippen LogP contribution in [0.2, 0.25) is 0 Å². The molecule has 272 valence electrons. The third-order valence-electron chi connectivity index (χ3n) is 10.1. The molecular weight excluding hydrogens is 1050 g/mol. The molecule has 0 bridgehead atoms. The molecule has 6 aromatic carbocycles. The monoisotopic (exact) mass is 1100 g/mol. The van der Waals surface area contributed by atoms with Crippen LogP contribution < -0.4 is 24.8 Å². The summed E-state index contributed by atoms with van der Waals surface area (Å²) in [6, 6.07) is 54.5. The van der Waals surface area contributed by atoms with Crippen molar-refractivity contribution in [3.8, 4) is 22.3 Å². The Bertz CT molecular complexity index is 2260. The molecular formula is C52H42Cl2Hf2. The SMILES string of the molecule is C[C](=[Hf+2])c1ccccc1.C[C](=[Hf+2])c1ccccc1.[Cl-].[Cl-].[c-]1c(C2=CC=CC2)ccc2c1Cc1ccccc1-2.[c-]1c(C2=CC=CC2)ccc2c1Cc1ccccc1-2. The van der Waals surface area contributed by atoms with Crippen molar-refractivity contribution in [2.24, 2.45) is 0 Å². The molecule has 0 saturated carbocycles. The van der Waals surface area contributed by atoms with E-state index in [2.05, 4.69) is 184 Å². The van der Waals surface area contributed by atoms with E-state index < -0.39 is 0 Å². The number of benzene rings is 6. The summed E-state index contributed by atoms with van der Waals surface area (Å²) in [6.07, 6.45) is 17.2. The van der Waals surface area contributed by atoms with E-state index in [9.17, 15) is 0 Å².